The van der Waals surface area contributed by atoms with E-state index < -0.39 is 18.1 Å². The number of ether oxygens (including phenoxy) is 2. The molecule has 1 aromatic heterocycles. The Hall–Kier alpha value is -2.82. The Balaban J connectivity index is 1.45. The first-order chi connectivity index (χ1) is 15.9. The average Bonchev–Trinajstić information content (AvgIpc) is 3.20. The predicted octanol–water partition coefficient (Wildman–Crippen LogP) is 2.55. The first-order valence-electron chi connectivity index (χ1n) is 11.3. The molecule has 9 nitrogen and oxygen atoms in total. The van der Waals surface area contributed by atoms with Gasteiger partial charge in [-0.1, -0.05) is 24.3 Å². The lowest BCUT2D eigenvalue weighted by molar-refractivity contribution is 0.0881. The minimum Gasteiger partial charge on any atom is -0.447 e. The topological polar surface area (TPSA) is 91.9 Å². The third-order valence-corrected chi connectivity index (χ3v) is 6.19. The molecule has 0 bridgehead atoms. The first kappa shape index (κ1) is 23.3. The van der Waals surface area contributed by atoms with Crippen LogP contribution in [0.25, 0.3) is 0 Å². The Kier molecular flexibility index (Phi) is 7.36. The van der Waals surface area contributed by atoms with Crippen molar-refractivity contribution in [3.63, 3.8) is 0 Å². The summed E-state index contributed by atoms with van der Waals surface area (Å²) in [5.74, 6) is -0.490. The molecule has 0 spiro atoms. The van der Waals surface area contributed by atoms with Crippen LogP contribution in [-0.4, -0.2) is 73.0 Å². The highest BCUT2D eigenvalue weighted by molar-refractivity contribution is 5.89. The van der Waals surface area contributed by atoms with E-state index >= 15 is 0 Å². The van der Waals surface area contributed by atoms with Gasteiger partial charge in [-0.3, -0.25) is 9.80 Å². The molecule has 3 heterocycles. The van der Waals surface area contributed by atoms with Gasteiger partial charge in [-0.25, -0.2) is 4.79 Å². The summed E-state index contributed by atoms with van der Waals surface area (Å²) in [5.41, 5.74) is 2.28. The lowest BCUT2D eigenvalue weighted by Crippen LogP contribution is -2.42. The van der Waals surface area contributed by atoms with Gasteiger partial charge in [0.1, 0.15) is 18.5 Å². The SMILES string of the molecule is CO[C@H](C)C1COC(=O)N1c1cc(F)nc(N[C@@H](C)c2ccc(CN3CCNCC3)cc2)n1. The molecule has 0 aliphatic carbocycles. The van der Waals surface area contributed by atoms with Gasteiger partial charge >= 0.3 is 6.09 Å². The zero-order valence-electron chi connectivity index (χ0n) is 19.3. The lowest BCUT2D eigenvalue weighted by atomic mass is 10.1. The number of aromatic nitrogens is 2. The molecule has 1 amide bonds. The second kappa shape index (κ2) is 10.4. The smallest absolute Gasteiger partial charge is 0.416 e. The zero-order chi connectivity index (χ0) is 23.4. The first-order valence-corrected chi connectivity index (χ1v) is 11.3. The molecule has 2 aromatic rings. The molecule has 3 atom stereocenters. The summed E-state index contributed by atoms with van der Waals surface area (Å²) >= 11 is 0. The number of nitrogens with zero attached hydrogens (tertiary/aromatic N) is 4. The van der Waals surface area contributed by atoms with Crippen molar-refractivity contribution in [2.45, 2.75) is 38.6 Å². The van der Waals surface area contributed by atoms with Gasteiger partial charge in [0, 0.05) is 45.9 Å². The fourth-order valence-corrected chi connectivity index (χ4v) is 4.11. The van der Waals surface area contributed by atoms with Crippen molar-refractivity contribution in [3.05, 3.63) is 47.4 Å². The van der Waals surface area contributed by atoms with Crippen LogP contribution in [-0.2, 0) is 16.0 Å². The monoisotopic (exact) mass is 458 g/mol. The largest absolute Gasteiger partial charge is 0.447 e. The average molecular weight is 459 g/mol. The summed E-state index contributed by atoms with van der Waals surface area (Å²) in [6, 6.07) is 8.92. The second-order valence-corrected chi connectivity index (χ2v) is 8.46. The minimum absolute atomic E-state index is 0.103. The number of halogens is 1. The Morgan fingerprint density at radius 1 is 1.24 bits per heavy atom. The number of carbonyl (C=O) groups is 1. The molecule has 1 aromatic carbocycles. The van der Waals surface area contributed by atoms with Crippen LogP contribution in [0.5, 0.6) is 0 Å². The van der Waals surface area contributed by atoms with Gasteiger partial charge in [-0.15, -0.1) is 0 Å². The third kappa shape index (κ3) is 5.58. The predicted molar refractivity (Wildman–Crippen MR) is 123 cm³/mol. The summed E-state index contributed by atoms with van der Waals surface area (Å²) in [7, 11) is 1.55. The second-order valence-electron chi connectivity index (χ2n) is 8.46. The zero-order valence-corrected chi connectivity index (χ0v) is 19.3. The van der Waals surface area contributed by atoms with E-state index in [4.69, 9.17) is 9.47 Å². The minimum atomic E-state index is -0.732. The number of anilines is 2. The van der Waals surface area contributed by atoms with Crippen molar-refractivity contribution >= 4 is 17.9 Å². The highest BCUT2D eigenvalue weighted by Gasteiger charge is 2.39. The molecule has 2 N–H and O–H groups in total. The van der Waals surface area contributed by atoms with Crippen molar-refractivity contribution in [2.24, 2.45) is 0 Å². The molecular formula is C23H31FN6O3. The summed E-state index contributed by atoms with van der Waals surface area (Å²) < 4.78 is 24.8. The van der Waals surface area contributed by atoms with Crippen LogP contribution in [0.3, 0.4) is 0 Å². The van der Waals surface area contributed by atoms with Gasteiger partial charge < -0.3 is 20.1 Å². The van der Waals surface area contributed by atoms with Crippen LogP contribution >= 0.6 is 0 Å². The van der Waals surface area contributed by atoms with Crippen molar-refractivity contribution in [1.82, 2.24) is 20.2 Å². The van der Waals surface area contributed by atoms with E-state index in [1.54, 1.807) is 7.11 Å². The Morgan fingerprint density at radius 3 is 2.67 bits per heavy atom. The van der Waals surface area contributed by atoms with Gasteiger partial charge in [0.05, 0.1) is 12.1 Å². The van der Waals surface area contributed by atoms with Gasteiger partial charge in [-0.05, 0) is 25.0 Å². The molecule has 10 heteroatoms. The highest BCUT2D eigenvalue weighted by Crippen LogP contribution is 2.26. The Morgan fingerprint density at radius 2 is 1.97 bits per heavy atom. The maximum absolute atomic E-state index is 14.3. The van der Waals surface area contributed by atoms with Crippen molar-refractivity contribution in [3.8, 4) is 0 Å². The molecule has 4 rings (SSSR count). The molecule has 1 unspecified atom stereocenters. The van der Waals surface area contributed by atoms with Crippen LogP contribution in [0, 0.1) is 5.95 Å². The van der Waals surface area contributed by atoms with Crippen LogP contribution in [0.1, 0.15) is 31.0 Å². The molecule has 178 valence electrons. The molecule has 0 saturated carbocycles. The number of piperazine rings is 1. The summed E-state index contributed by atoms with van der Waals surface area (Å²) in [5, 5.41) is 6.51. The van der Waals surface area contributed by atoms with E-state index in [2.05, 4.69) is 49.8 Å². The third-order valence-electron chi connectivity index (χ3n) is 6.19. The molecule has 0 radical (unpaired) electrons. The number of amides is 1. The van der Waals surface area contributed by atoms with E-state index in [9.17, 15) is 9.18 Å². The van der Waals surface area contributed by atoms with Crippen LogP contribution in [0.15, 0.2) is 30.3 Å². The normalized spacial score (nSPS) is 21.0. The number of cyclic esters (lactones) is 1. The molecule has 2 aliphatic rings. The quantitative estimate of drug-likeness (QED) is 0.584. The van der Waals surface area contributed by atoms with Crippen LogP contribution in [0.4, 0.5) is 21.0 Å². The molecule has 2 saturated heterocycles. The van der Waals surface area contributed by atoms with Crippen LogP contribution in [0.2, 0.25) is 0 Å². The number of nitrogens with one attached hydrogen (secondary N) is 2. The summed E-state index contributed by atoms with van der Waals surface area (Å²) in [6.45, 7) is 9.00. The Labute approximate surface area is 193 Å². The molecule has 2 fully saturated rings. The van der Waals surface area contributed by atoms with Crippen molar-refractivity contribution in [2.75, 3.05) is 50.1 Å². The van der Waals surface area contributed by atoms with Gasteiger partial charge in [0.25, 0.3) is 0 Å². The lowest BCUT2D eigenvalue weighted by Gasteiger charge is -2.27. The van der Waals surface area contributed by atoms with E-state index in [0.717, 1.165) is 44.4 Å². The number of hydrogen-bond acceptors (Lipinski definition) is 8. The number of benzene rings is 1. The Bertz CT molecular complexity index is 954. The highest BCUT2D eigenvalue weighted by atomic mass is 19.1. The number of rotatable bonds is 8. The molecular weight excluding hydrogens is 427 g/mol. The molecule has 33 heavy (non-hydrogen) atoms. The van der Waals surface area contributed by atoms with Gasteiger partial charge in [0.2, 0.25) is 11.9 Å². The number of hydrogen-bond donors (Lipinski definition) is 2. The van der Waals surface area contributed by atoms with Crippen molar-refractivity contribution in [1.29, 1.82) is 0 Å². The van der Waals surface area contributed by atoms with Crippen LogP contribution < -0.4 is 15.5 Å². The van der Waals surface area contributed by atoms with Gasteiger partial charge in [0.15, 0.2) is 0 Å². The van der Waals surface area contributed by atoms with E-state index in [-0.39, 0.29) is 30.5 Å². The van der Waals surface area contributed by atoms with E-state index in [0.29, 0.717) is 0 Å². The maximum Gasteiger partial charge on any atom is 0.416 e. The fourth-order valence-electron chi connectivity index (χ4n) is 4.11. The fraction of sp³-hybridized carbons (Fsp3) is 0.522. The van der Waals surface area contributed by atoms with E-state index in [1.165, 1.54) is 10.5 Å². The maximum atomic E-state index is 14.3. The number of methoxy groups -OCH3 is 1. The van der Waals surface area contributed by atoms with Crippen molar-refractivity contribution < 1.29 is 18.7 Å². The number of carbonyl (C=O) groups excluding carboxylic acids is 1. The molecule has 2 aliphatic heterocycles. The summed E-state index contributed by atoms with van der Waals surface area (Å²) in [4.78, 5) is 24.3. The van der Waals surface area contributed by atoms with E-state index in [1.807, 2.05) is 13.8 Å². The standard InChI is InChI=1S/C23H31FN6O3/c1-15(18-6-4-17(5-7-18)13-29-10-8-25-9-11-29)26-22-27-20(24)12-21(28-22)30-19(16(2)32-3)14-33-23(30)31/h4-7,12,15-16,19,25H,8-11,13-14H2,1-3H3,(H,26,27,28)/t15-,16+,19?/m0/s1. The summed E-state index contributed by atoms with van der Waals surface area (Å²) in [6.07, 6.45) is -0.884. The van der Waals surface area contributed by atoms with Gasteiger partial charge in [-0.2, -0.15) is 14.4 Å².